The number of rotatable bonds is 3. The van der Waals surface area contributed by atoms with Crippen molar-refractivity contribution in [1.29, 1.82) is 0 Å². The fraction of sp³-hybridized carbons (Fsp3) is 0.500. The van der Waals surface area contributed by atoms with Crippen molar-refractivity contribution in [3.63, 3.8) is 0 Å². The molecule has 0 spiro atoms. The first-order chi connectivity index (χ1) is 8.20. The maximum atomic E-state index is 11.5. The van der Waals surface area contributed by atoms with E-state index in [1.165, 1.54) is 5.56 Å². The van der Waals surface area contributed by atoms with Gasteiger partial charge in [0.1, 0.15) is 5.75 Å². The first kappa shape index (κ1) is 12.0. The van der Waals surface area contributed by atoms with Crippen LogP contribution in [-0.2, 0) is 11.2 Å². The molecule has 1 heterocycles. The van der Waals surface area contributed by atoms with Gasteiger partial charge in [0.2, 0.25) is 5.91 Å². The number of hydrogen-bond donors (Lipinski definition) is 0. The molecular formula is C14H19NO2. The summed E-state index contributed by atoms with van der Waals surface area (Å²) in [5, 5.41) is 0. The predicted molar refractivity (Wildman–Crippen MR) is 67.1 cm³/mol. The van der Waals surface area contributed by atoms with Crippen LogP contribution in [0.2, 0.25) is 0 Å². The van der Waals surface area contributed by atoms with Crippen LogP contribution in [0.5, 0.6) is 5.75 Å². The summed E-state index contributed by atoms with van der Waals surface area (Å²) in [6, 6.07) is 8.48. The van der Waals surface area contributed by atoms with Crippen molar-refractivity contribution in [3.05, 3.63) is 29.8 Å². The summed E-state index contributed by atoms with van der Waals surface area (Å²) in [7, 11) is 1.67. The first-order valence-corrected chi connectivity index (χ1v) is 6.11. The molecule has 0 N–H and O–H groups in total. The number of nitrogens with zero attached hydrogens (tertiary/aromatic N) is 1. The highest BCUT2D eigenvalue weighted by Gasteiger charge is 2.26. The standard InChI is InChI=1S/C14H19NO2/c1-11(16)15-9-3-4-13(15)10-12-5-7-14(17-2)8-6-12/h5-8,13H,3-4,9-10H2,1-2H3. The Morgan fingerprint density at radius 1 is 1.41 bits per heavy atom. The number of benzene rings is 1. The van der Waals surface area contributed by atoms with Crippen molar-refractivity contribution in [3.8, 4) is 5.75 Å². The maximum absolute atomic E-state index is 11.5. The molecule has 1 amide bonds. The van der Waals surface area contributed by atoms with Crippen molar-refractivity contribution in [2.24, 2.45) is 0 Å². The lowest BCUT2D eigenvalue weighted by Crippen LogP contribution is -2.34. The van der Waals surface area contributed by atoms with E-state index < -0.39 is 0 Å². The number of carbonyl (C=O) groups is 1. The summed E-state index contributed by atoms with van der Waals surface area (Å²) in [5.41, 5.74) is 1.27. The summed E-state index contributed by atoms with van der Waals surface area (Å²) >= 11 is 0. The molecule has 1 aromatic rings. The zero-order valence-electron chi connectivity index (χ0n) is 10.5. The van der Waals surface area contributed by atoms with E-state index >= 15 is 0 Å². The summed E-state index contributed by atoms with van der Waals surface area (Å²) < 4.78 is 5.13. The van der Waals surface area contributed by atoms with E-state index in [4.69, 9.17) is 4.74 Å². The highest BCUT2D eigenvalue weighted by atomic mass is 16.5. The predicted octanol–water partition coefficient (Wildman–Crippen LogP) is 2.25. The van der Waals surface area contributed by atoms with Gasteiger partial charge in [-0.3, -0.25) is 4.79 Å². The fourth-order valence-corrected chi connectivity index (χ4v) is 2.50. The van der Waals surface area contributed by atoms with E-state index in [-0.39, 0.29) is 5.91 Å². The highest BCUT2D eigenvalue weighted by Crippen LogP contribution is 2.22. The quantitative estimate of drug-likeness (QED) is 0.801. The topological polar surface area (TPSA) is 29.5 Å². The van der Waals surface area contributed by atoms with Gasteiger partial charge in [-0.2, -0.15) is 0 Å². The van der Waals surface area contributed by atoms with Crippen LogP contribution < -0.4 is 4.74 Å². The molecule has 1 fully saturated rings. The van der Waals surface area contributed by atoms with Crippen molar-refractivity contribution in [2.45, 2.75) is 32.2 Å². The molecule has 92 valence electrons. The fourth-order valence-electron chi connectivity index (χ4n) is 2.50. The second kappa shape index (κ2) is 5.21. The molecule has 0 aromatic heterocycles. The Morgan fingerprint density at radius 2 is 2.12 bits per heavy atom. The summed E-state index contributed by atoms with van der Waals surface area (Å²) in [4.78, 5) is 13.4. The van der Waals surface area contributed by atoms with E-state index in [1.54, 1.807) is 14.0 Å². The molecule has 0 aliphatic carbocycles. The molecular weight excluding hydrogens is 214 g/mol. The molecule has 1 unspecified atom stereocenters. The van der Waals surface area contributed by atoms with Gasteiger partial charge in [-0.25, -0.2) is 0 Å². The Kier molecular flexibility index (Phi) is 3.67. The Bertz CT molecular complexity index is 386. The van der Waals surface area contributed by atoms with E-state index in [9.17, 15) is 4.79 Å². The Labute approximate surface area is 102 Å². The lowest BCUT2D eigenvalue weighted by Gasteiger charge is -2.23. The monoisotopic (exact) mass is 233 g/mol. The van der Waals surface area contributed by atoms with Crippen molar-refractivity contribution in [2.75, 3.05) is 13.7 Å². The second-order valence-electron chi connectivity index (χ2n) is 4.56. The van der Waals surface area contributed by atoms with Crippen LogP contribution in [0.1, 0.15) is 25.3 Å². The molecule has 2 rings (SSSR count). The van der Waals surface area contributed by atoms with Crippen LogP contribution in [-0.4, -0.2) is 30.5 Å². The maximum Gasteiger partial charge on any atom is 0.219 e. The zero-order chi connectivity index (χ0) is 12.3. The molecule has 0 saturated carbocycles. The van der Waals surface area contributed by atoms with Gasteiger partial charge in [-0.15, -0.1) is 0 Å². The smallest absolute Gasteiger partial charge is 0.219 e. The van der Waals surface area contributed by atoms with Gasteiger partial charge in [0, 0.05) is 19.5 Å². The van der Waals surface area contributed by atoms with Crippen LogP contribution in [0.25, 0.3) is 0 Å². The third-order valence-electron chi connectivity index (χ3n) is 3.41. The molecule has 3 nitrogen and oxygen atoms in total. The third-order valence-corrected chi connectivity index (χ3v) is 3.41. The van der Waals surface area contributed by atoms with Crippen LogP contribution in [0, 0.1) is 0 Å². The van der Waals surface area contributed by atoms with Crippen molar-refractivity contribution in [1.82, 2.24) is 4.90 Å². The van der Waals surface area contributed by atoms with Gasteiger partial charge in [0.15, 0.2) is 0 Å². The SMILES string of the molecule is COc1ccc(CC2CCCN2C(C)=O)cc1. The van der Waals surface area contributed by atoms with Gasteiger partial charge in [0.05, 0.1) is 7.11 Å². The van der Waals surface area contributed by atoms with E-state index in [1.807, 2.05) is 17.0 Å². The minimum atomic E-state index is 0.195. The van der Waals surface area contributed by atoms with Gasteiger partial charge < -0.3 is 9.64 Å². The molecule has 0 radical (unpaired) electrons. The summed E-state index contributed by atoms with van der Waals surface area (Å²) in [6.07, 6.45) is 3.19. The van der Waals surface area contributed by atoms with Crippen LogP contribution >= 0.6 is 0 Å². The Hall–Kier alpha value is -1.51. The molecule has 17 heavy (non-hydrogen) atoms. The highest BCUT2D eigenvalue weighted by molar-refractivity contribution is 5.73. The minimum absolute atomic E-state index is 0.195. The van der Waals surface area contributed by atoms with Gasteiger partial charge in [-0.05, 0) is 37.0 Å². The van der Waals surface area contributed by atoms with E-state index in [0.717, 1.165) is 31.6 Å². The summed E-state index contributed by atoms with van der Waals surface area (Å²) in [5.74, 6) is 1.07. The third kappa shape index (κ3) is 2.78. The molecule has 1 aliphatic rings. The molecule has 1 atom stereocenters. The lowest BCUT2D eigenvalue weighted by molar-refractivity contribution is -0.129. The number of ether oxygens (including phenoxy) is 1. The van der Waals surface area contributed by atoms with E-state index in [0.29, 0.717) is 6.04 Å². The zero-order valence-corrected chi connectivity index (χ0v) is 10.5. The Balaban J connectivity index is 2.02. The van der Waals surface area contributed by atoms with Crippen LogP contribution in [0.15, 0.2) is 24.3 Å². The number of carbonyl (C=O) groups excluding carboxylic acids is 1. The molecule has 3 heteroatoms. The number of hydrogen-bond acceptors (Lipinski definition) is 2. The number of amides is 1. The normalized spacial score (nSPS) is 19.4. The summed E-state index contributed by atoms with van der Waals surface area (Å²) in [6.45, 7) is 2.57. The Morgan fingerprint density at radius 3 is 2.71 bits per heavy atom. The first-order valence-electron chi connectivity index (χ1n) is 6.11. The second-order valence-corrected chi connectivity index (χ2v) is 4.56. The van der Waals surface area contributed by atoms with Crippen LogP contribution in [0.3, 0.4) is 0 Å². The largest absolute Gasteiger partial charge is 0.497 e. The van der Waals surface area contributed by atoms with Gasteiger partial charge in [-0.1, -0.05) is 12.1 Å². The lowest BCUT2D eigenvalue weighted by atomic mass is 10.0. The van der Waals surface area contributed by atoms with Crippen molar-refractivity contribution < 1.29 is 9.53 Å². The molecule has 1 aliphatic heterocycles. The average Bonchev–Trinajstić information content (AvgIpc) is 2.78. The van der Waals surface area contributed by atoms with Crippen LogP contribution in [0.4, 0.5) is 0 Å². The van der Waals surface area contributed by atoms with E-state index in [2.05, 4.69) is 12.1 Å². The molecule has 0 bridgehead atoms. The average molecular weight is 233 g/mol. The number of methoxy groups -OCH3 is 1. The molecule has 1 saturated heterocycles. The molecule has 1 aromatic carbocycles. The van der Waals surface area contributed by atoms with Gasteiger partial charge in [0.25, 0.3) is 0 Å². The minimum Gasteiger partial charge on any atom is -0.497 e. The van der Waals surface area contributed by atoms with Gasteiger partial charge >= 0.3 is 0 Å². The number of likely N-dealkylation sites (tertiary alicyclic amines) is 1. The van der Waals surface area contributed by atoms with Crippen molar-refractivity contribution >= 4 is 5.91 Å².